The van der Waals surface area contributed by atoms with Crippen molar-refractivity contribution in [3.8, 4) is 0 Å². The number of amides is 2. The van der Waals surface area contributed by atoms with Gasteiger partial charge < -0.3 is 0 Å². The normalized spacial score (nSPS) is 14.9. The molecule has 3 nitrogen and oxygen atoms in total. The molecule has 1 aliphatic rings. The number of nitrogens with zero attached hydrogens (tertiary/aromatic N) is 1. The lowest BCUT2D eigenvalue weighted by molar-refractivity contribution is -0.137. The molecule has 0 bridgehead atoms. The summed E-state index contributed by atoms with van der Waals surface area (Å²) >= 11 is 0. The molecule has 1 aromatic carbocycles. The number of carbonyl (C=O) groups excluding carboxylic acids is 2. The highest BCUT2D eigenvalue weighted by Crippen LogP contribution is 2.17. The molecule has 0 N–H and O–H groups in total. The molecule has 0 aromatic heterocycles. The Kier molecular flexibility index (Phi) is 2.79. The van der Waals surface area contributed by atoms with Crippen molar-refractivity contribution in [2.75, 3.05) is 0 Å². The van der Waals surface area contributed by atoms with Gasteiger partial charge in [-0.3, -0.25) is 14.5 Å². The van der Waals surface area contributed by atoms with E-state index in [1.54, 1.807) is 26.0 Å². The molecule has 2 rings (SSSR count). The minimum absolute atomic E-state index is 0.187. The first-order valence-corrected chi connectivity index (χ1v) is 5.28. The van der Waals surface area contributed by atoms with E-state index in [2.05, 4.69) is 0 Å². The molecule has 4 heteroatoms. The smallest absolute Gasteiger partial charge is 0.253 e. The molecule has 0 atom stereocenters. The summed E-state index contributed by atoms with van der Waals surface area (Å²) in [7, 11) is 0. The number of halogens is 1. The van der Waals surface area contributed by atoms with Crippen molar-refractivity contribution in [2.45, 2.75) is 20.4 Å². The Labute approximate surface area is 98.5 Å². The number of carbonyl (C=O) groups is 2. The molecule has 0 radical (unpaired) electrons. The second kappa shape index (κ2) is 4.13. The maximum atomic E-state index is 13.4. The van der Waals surface area contributed by atoms with Crippen molar-refractivity contribution in [3.05, 3.63) is 46.8 Å². The molecule has 0 spiro atoms. The summed E-state index contributed by atoms with van der Waals surface area (Å²) in [5.41, 5.74) is 1.80. The summed E-state index contributed by atoms with van der Waals surface area (Å²) in [4.78, 5) is 23.9. The van der Waals surface area contributed by atoms with Crippen LogP contribution in [-0.2, 0) is 16.1 Å². The van der Waals surface area contributed by atoms with Crippen LogP contribution in [0.15, 0.2) is 24.3 Å². The van der Waals surface area contributed by atoms with Crippen LogP contribution in [0.4, 0.5) is 4.39 Å². The Morgan fingerprint density at radius 2 is 1.53 bits per heavy atom. The van der Waals surface area contributed by atoms with Gasteiger partial charge in [-0.2, -0.15) is 0 Å². The van der Waals surface area contributed by atoms with Crippen LogP contribution in [0.3, 0.4) is 0 Å². The van der Waals surface area contributed by atoms with Crippen molar-refractivity contribution in [2.24, 2.45) is 0 Å². The minimum Gasteiger partial charge on any atom is -0.271 e. The molecule has 0 unspecified atom stereocenters. The molecule has 1 aliphatic heterocycles. The third-order valence-electron chi connectivity index (χ3n) is 2.74. The van der Waals surface area contributed by atoms with E-state index in [-0.39, 0.29) is 24.2 Å². The molecule has 0 saturated carbocycles. The lowest BCUT2D eigenvalue weighted by Gasteiger charge is -2.15. The van der Waals surface area contributed by atoms with Crippen LogP contribution >= 0.6 is 0 Å². The molecular formula is C13H12FNO2. The summed E-state index contributed by atoms with van der Waals surface area (Å²) in [5, 5.41) is 0. The lowest BCUT2D eigenvalue weighted by Crippen LogP contribution is -2.29. The van der Waals surface area contributed by atoms with Gasteiger partial charge in [-0.05, 0) is 30.5 Å². The maximum Gasteiger partial charge on any atom is 0.253 e. The Balaban J connectivity index is 2.25. The van der Waals surface area contributed by atoms with Crippen molar-refractivity contribution < 1.29 is 14.0 Å². The van der Waals surface area contributed by atoms with Crippen LogP contribution in [0, 0.1) is 19.7 Å². The number of benzene rings is 1. The fourth-order valence-corrected chi connectivity index (χ4v) is 1.90. The van der Waals surface area contributed by atoms with E-state index in [0.29, 0.717) is 11.1 Å². The fraction of sp³-hybridized carbons (Fsp3) is 0.231. The van der Waals surface area contributed by atoms with E-state index in [4.69, 9.17) is 0 Å². The summed E-state index contributed by atoms with van der Waals surface area (Å²) < 4.78 is 13.4. The Morgan fingerprint density at radius 1 is 1.06 bits per heavy atom. The average Bonchev–Trinajstić information content (AvgIpc) is 2.57. The van der Waals surface area contributed by atoms with E-state index in [1.165, 1.54) is 12.2 Å². The van der Waals surface area contributed by atoms with Crippen LogP contribution in [0.2, 0.25) is 0 Å². The van der Waals surface area contributed by atoms with Gasteiger partial charge in [-0.25, -0.2) is 4.39 Å². The molecule has 0 fully saturated rings. The van der Waals surface area contributed by atoms with Gasteiger partial charge in [0.25, 0.3) is 11.8 Å². The first-order chi connectivity index (χ1) is 7.99. The number of aryl methyl sites for hydroxylation is 2. The Bertz CT molecular complexity index is 493. The van der Waals surface area contributed by atoms with Gasteiger partial charge in [0.1, 0.15) is 5.82 Å². The standard InChI is InChI=1S/C13H12FNO2/c1-8-5-10(6-9(2)13(8)14)7-15-11(16)3-4-12(15)17/h3-6H,7H2,1-2H3. The third kappa shape index (κ3) is 2.11. The fourth-order valence-electron chi connectivity index (χ4n) is 1.90. The molecule has 1 aromatic rings. The van der Waals surface area contributed by atoms with Gasteiger partial charge in [0.15, 0.2) is 0 Å². The second-order valence-electron chi connectivity index (χ2n) is 4.14. The Morgan fingerprint density at radius 3 is 2.00 bits per heavy atom. The van der Waals surface area contributed by atoms with E-state index in [1.807, 2.05) is 0 Å². The van der Waals surface area contributed by atoms with Crippen molar-refractivity contribution >= 4 is 11.8 Å². The van der Waals surface area contributed by atoms with Crippen molar-refractivity contribution in [1.29, 1.82) is 0 Å². The molecular weight excluding hydrogens is 221 g/mol. The van der Waals surface area contributed by atoms with Gasteiger partial charge in [0, 0.05) is 12.2 Å². The molecule has 0 aliphatic carbocycles. The van der Waals surface area contributed by atoms with Crippen molar-refractivity contribution in [3.63, 3.8) is 0 Å². The van der Waals surface area contributed by atoms with Crippen LogP contribution in [-0.4, -0.2) is 16.7 Å². The third-order valence-corrected chi connectivity index (χ3v) is 2.74. The number of imide groups is 1. The summed E-state index contributed by atoms with van der Waals surface area (Å²) in [6.45, 7) is 3.52. The second-order valence-corrected chi connectivity index (χ2v) is 4.14. The SMILES string of the molecule is Cc1cc(CN2C(=O)C=CC2=O)cc(C)c1F. The molecule has 1 heterocycles. The topological polar surface area (TPSA) is 37.4 Å². The molecule has 88 valence electrons. The molecule has 17 heavy (non-hydrogen) atoms. The van der Waals surface area contributed by atoms with E-state index >= 15 is 0 Å². The monoisotopic (exact) mass is 233 g/mol. The summed E-state index contributed by atoms with van der Waals surface area (Å²) in [5.74, 6) is -0.893. The van der Waals surface area contributed by atoms with E-state index < -0.39 is 0 Å². The first-order valence-electron chi connectivity index (χ1n) is 5.28. The van der Waals surface area contributed by atoms with Gasteiger partial charge in [-0.1, -0.05) is 12.1 Å². The zero-order chi connectivity index (χ0) is 12.6. The number of hydrogen-bond donors (Lipinski definition) is 0. The predicted molar refractivity (Wildman–Crippen MR) is 60.6 cm³/mol. The summed E-state index contributed by atoms with van der Waals surface area (Å²) in [6, 6.07) is 3.31. The van der Waals surface area contributed by atoms with Gasteiger partial charge >= 0.3 is 0 Å². The first kappa shape index (κ1) is 11.5. The average molecular weight is 233 g/mol. The quantitative estimate of drug-likeness (QED) is 0.731. The van der Waals surface area contributed by atoms with E-state index in [0.717, 1.165) is 10.5 Å². The van der Waals surface area contributed by atoms with Crippen LogP contribution in [0.1, 0.15) is 16.7 Å². The van der Waals surface area contributed by atoms with Gasteiger partial charge in [-0.15, -0.1) is 0 Å². The largest absolute Gasteiger partial charge is 0.271 e. The highest BCUT2D eigenvalue weighted by molar-refractivity contribution is 6.12. The van der Waals surface area contributed by atoms with Gasteiger partial charge in [0.2, 0.25) is 0 Å². The number of rotatable bonds is 2. The minimum atomic E-state index is -0.324. The Hall–Kier alpha value is -1.97. The molecule has 0 saturated heterocycles. The molecule has 2 amide bonds. The van der Waals surface area contributed by atoms with Crippen molar-refractivity contribution in [1.82, 2.24) is 4.90 Å². The lowest BCUT2D eigenvalue weighted by atomic mass is 10.1. The van der Waals surface area contributed by atoms with E-state index in [9.17, 15) is 14.0 Å². The predicted octanol–water partition coefficient (Wildman–Crippen LogP) is 1.87. The number of hydrogen-bond acceptors (Lipinski definition) is 2. The van der Waals surface area contributed by atoms with Crippen LogP contribution in [0.5, 0.6) is 0 Å². The van der Waals surface area contributed by atoms with Gasteiger partial charge in [0.05, 0.1) is 6.54 Å². The van der Waals surface area contributed by atoms with Crippen LogP contribution < -0.4 is 0 Å². The zero-order valence-electron chi connectivity index (χ0n) is 9.66. The van der Waals surface area contributed by atoms with Crippen LogP contribution in [0.25, 0.3) is 0 Å². The highest BCUT2D eigenvalue weighted by atomic mass is 19.1. The summed E-state index contributed by atoms with van der Waals surface area (Å²) in [6.07, 6.45) is 2.48. The zero-order valence-corrected chi connectivity index (χ0v) is 9.66. The highest BCUT2D eigenvalue weighted by Gasteiger charge is 2.23. The maximum absolute atomic E-state index is 13.4.